The van der Waals surface area contributed by atoms with E-state index in [-0.39, 0.29) is 31.8 Å². The molecule has 0 saturated heterocycles. The maximum absolute atomic E-state index is 12.2. The fraction of sp³-hybridized carbons (Fsp3) is 0.643. The maximum atomic E-state index is 12.2. The van der Waals surface area contributed by atoms with Crippen molar-refractivity contribution in [2.24, 2.45) is 22.2 Å². The quantitative estimate of drug-likeness (QED) is 0.107. The number of nitrogens with two attached hydrogens (primary N) is 3. The summed E-state index contributed by atoms with van der Waals surface area (Å²) < 4.78 is 0. The van der Waals surface area contributed by atoms with Crippen LogP contribution in [0.4, 0.5) is 0 Å². The number of hydrogen-bond acceptors (Lipinski definition) is 6. The highest BCUT2D eigenvalue weighted by Gasteiger charge is 2.26. The predicted molar refractivity (Wildman–Crippen MR) is 91.9 cm³/mol. The van der Waals surface area contributed by atoms with E-state index in [0.717, 1.165) is 0 Å². The van der Waals surface area contributed by atoms with E-state index in [4.69, 9.17) is 27.4 Å². The summed E-state index contributed by atoms with van der Waals surface area (Å²) in [5, 5.41) is 22.1. The van der Waals surface area contributed by atoms with Gasteiger partial charge < -0.3 is 38.0 Å². The minimum absolute atomic E-state index is 0.102. The maximum Gasteiger partial charge on any atom is 0.325 e. The minimum atomic E-state index is -1.23. The van der Waals surface area contributed by atoms with Crippen LogP contribution in [-0.2, 0) is 19.2 Å². The molecule has 0 aromatic carbocycles. The van der Waals surface area contributed by atoms with Crippen molar-refractivity contribution in [1.82, 2.24) is 10.6 Å². The average Bonchev–Trinajstić information content (AvgIpc) is 2.54. The molecule has 10 N–H and O–H groups in total. The summed E-state index contributed by atoms with van der Waals surface area (Å²) in [4.78, 5) is 49.4. The molecule has 12 heteroatoms. The Morgan fingerprint density at radius 1 is 1.04 bits per heavy atom. The predicted octanol–water partition coefficient (Wildman–Crippen LogP) is -2.69. The molecule has 12 nitrogen and oxygen atoms in total. The van der Waals surface area contributed by atoms with Gasteiger partial charge in [-0.25, -0.2) is 0 Å². The van der Waals surface area contributed by atoms with Gasteiger partial charge in [0.15, 0.2) is 5.96 Å². The third-order valence-electron chi connectivity index (χ3n) is 3.31. The molecular formula is C14H26N6O6. The second-order valence-electron chi connectivity index (χ2n) is 5.62. The molecule has 0 aliphatic carbocycles. The van der Waals surface area contributed by atoms with Gasteiger partial charge in [0.25, 0.3) is 0 Å². The van der Waals surface area contributed by atoms with Crippen LogP contribution in [0.3, 0.4) is 0 Å². The molecule has 0 aromatic heterocycles. The smallest absolute Gasteiger partial charge is 0.325 e. The van der Waals surface area contributed by atoms with Crippen LogP contribution in [0, 0.1) is 0 Å². The highest BCUT2D eigenvalue weighted by atomic mass is 16.4. The first-order valence-corrected chi connectivity index (χ1v) is 7.91. The minimum Gasteiger partial charge on any atom is -0.481 e. The van der Waals surface area contributed by atoms with Gasteiger partial charge in [-0.3, -0.25) is 24.2 Å². The number of amides is 2. The van der Waals surface area contributed by atoms with Crippen molar-refractivity contribution >= 4 is 29.7 Å². The van der Waals surface area contributed by atoms with Crippen molar-refractivity contribution in [1.29, 1.82) is 0 Å². The van der Waals surface area contributed by atoms with Crippen molar-refractivity contribution in [2.75, 3.05) is 6.54 Å². The molecule has 0 unspecified atom stereocenters. The largest absolute Gasteiger partial charge is 0.481 e. The Labute approximate surface area is 150 Å². The second-order valence-corrected chi connectivity index (χ2v) is 5.62. The van der Waals surface area contributed by atoms with Crippen LogP contribution < -0.4 is 27.8 Å². The lowest BCUT2D eigenvalue weighted by molar-refractivity contribution is -0.141. The number of carbonyl (C=O) groups excluding carboxylic acids is 2. The number of carboxylic acid groups (broad SMARTS) is 2. The third kappa shape index (κ3) is 10.1. The van der Waals surface area contributed by atoms with Crippen LogP contribution in [0.1, 0.15) is 32.6 Å². The highest BCUT2D eigenvalue weighted by molar-refractivity contribution is 5.91. The number of nitrogens with one attached hydrogen (secondary N) is 2. The van der Waals surface area contributed by atoms with E-state index in [0.29, 0.717) is 6.42 Å². The molecule has 26 heavy (non-hydrogen) atoms. The number of aliphatic imine (C=N–C) groups is 1. The fourth-order valence-corrected chi connectivity index (χ4v) is 1.84. The topological polar surface area (TPSA) is 223 Å². The lowest BCUT2D eigenvalue weighted by Gasteiger charge is -2.21. The molecule has 148 valence electrons. The van der Waals surface area contributed by atoms with Crippen LogP contribution >= 0.6 is 0 Å². The molecule has 0 rings (SSSR count). The average molecular weight is 374 g/mol. The first-order chi connectivity index (χ1) is 12.0. The van der Waals surface area contributed by atoms with Gasteiger partial charge in [-0.1, -0.05) is 0 Å². The van der Waals surface area contributed by atoms with Gasteiger partial charge in [0.1, 0.15) is 12.1 Å². The van der Waals surface area contributed by atoms with Crippen LogP contribution in [0.5, 0.6) is 0 Å². The number of guanidine groups is 1. The van der Waals surface area contributed by atoms with Crippen molar-refractivity contribution < 1.29 is 29.4 Å². The SMILES string of the molecule is C[C@H](NC(=O)[C@H](CCCN=C(N)N)NC(=O)[C@@H](N)CCC(=O)O)C(=O)O. The Kier molecular flexibility index (Phi) is 10.3. The van der Waals surface area contributed by atoms with Gasteiger partial charge in [-0.2, -0.15) is 0 Å². The number of rotatable bonds is 12. The van der Waals surface area contributed by atoms with Gasteiger partial charge in [0.05, 0.1) is 6.04 Å². The summed E-state index contributed by atoms with van der Waals surface area (Å²) >= 11 is 0. The Morgan fingerprint density at radius 3 is 2.15 bits per heavy atom. The van der Waals surface area contributed by atoms with E-state index in [2.05, 4.69) is 15.6 Å². The Balaban J connectivity index is 4.86. The lowest BCUT2D eigenvalue weighted by atomic mass is 10.1. The molecule has 2 amide bonds. The van der Waals surface area contributed by atoms with Crippen molar-refractivity contribution in [3.8, 4) is 0 Å². The molecule has 0 bridgehead atoms. The summed E-state index contributed by atoms with van der Waals surface area (Å²) in [6, 6.07) is -3.33. The van der Waals surface area contributed by atoms with Gasteiger partial charge in [-0.05, 0) is 26.2 Å². The van der Waals surface area contributed by atoms with E-state index in [9.17, 15) is 19.2 Å². The number of hydrogen-bond donors (Lipinski definition) is 7. The van der Waals surface area contributed by atoms with Gasteiger partial charge in [0, 0.05) is 13.0 Å². The number of aliphatic carboxylic acids is 2. The van der Waals surface area contributed by atoms with Gasteiger partial charge >= 0.3 is 11.9 Å². The molecule has 0 aromatic rings. The van der Waals surface area contributed by atoms with E-state index in [1.807, 2.05) is 0 Å². The second kappa shape index (κ2) is 11.6. The Hall–Kier alpha value is -2.89. The zero-order chi connectivity index (χ0) is 20.3. The molecule has 0 heterocycles. The first kappa shape index (κ1) is 23.1. The van der Waals surface area contributed by atoms with E-state index >= 15 is 0 Å². The molecular weight excluding hydrogens is 348 g/mol. The molecule has 0 spiro atoms. The summed E-state index contributed by atoms with van der Waals surface area (Å²) in [7, 11) is 0. The lowest BCUT2D eigenvalue weighted by Crippen LogP contribution is -2.54. The highest BCUT2D eigenvalue weighted by Crippen LogP contribution is 2.02. The molecule has 0 aliphatic heterocycles. The van der Waals surface area contributed by atoms with Crippen LogP contribution in [-0.4, -0.2) is 64.6 Å². The van der Waals surface area contributed by atoms with Crippen molar-refractivity contribution in [2.45, 2.75) is 50.7 Å². The van der Waals surface area contributed by atoms with E-state index in [1.54, 1.807) is 0 Å². The first-order valence-electron chi connectivity index (χ1n) is 7.91. The molecule has 0 saturated carbocycles. The summed E-state index contributed by atoms with van der Waals surface area (Å²) in [6.45, 7) is 1.48. The van der Waals surface area contributed by atoms with E-state index < -0.39 is 41.9 Å². The zero-order valence-electron chi connectivity index (χ0n) is 14.5. The summed E-state index contributed by atoms with van der Waals surface area (Å²) in [5.41, 5.74) is 16.0. The van der Waals surface area contributed by atoms with Crippen LogP contribution in [0.15, 0.2) is 4.99 Å². The monoisotopic (exact) mass is 374 g/mol. The Bertz CT molecular complexity index is 548. The summed E-state index contributed by atoms with van der Waals surface area (Å²) in [5.74, 6) is -3.87. The normalized spacial score (nSPS) is 13.8. The fourth-order valence-electron chi connectivity index (χ4n) is 1.84. The van der Waals surface area contributed by atoms with Crippen LogP contribution in [0.2, 0.25) is 0 Å². The van der Waals surface area contributed by atoms with E-state index in [1.165, 1.54) is 6.92 Å². The molecule has 3 atom stereocenters. The number of carbonyl (C=O) groups is 4. The van der Waals surface area contributed by atoms with Gasteiger partial charge in [0.2, 0.25) is 11.8 Å². The van der Waals surface area contributed by atoms with Crippen molar-refractivity contribution in [3.63, 3.8) is 0 Å². The summed E-state index contributed by atoms with van der Waals surface area (Å²) in [6.07, 6.45) is 0.0649. The van der Waals surface area contributed by atoms with Gasteiger partial charge in [-0.15, -0.1) is 0 Å². The molecule has 0 fully saturated rings. The molecule has 0 aliphatic rings. The zero-order valence-corrected chi connectivity index (χ0v) is 14.5. The standard InChI is InChI=1S/C14H26N6O6/c1-7(13(25)26)19-12(24)9(3-2-6-18-14(16)17)20-11(23)8(15)4-5-10(21)22/h7-9H,2-6,15H2,1H3,(H,19,24)(H,20,23)(H,21,22)(H,25,26)(H4,16,17,18)/t7-,8-,9-/m0/s1. The number of nitrogens with zero attached hydrogens (tertiary/aromatic N) is 1. The number of carboxylic acids is 2. The van der Waals surface area contributed by atoms with Crippen LogP contribution in [0.25, 0.3) is 0 Å². The molecule has 0 radical (unpaired) electrons. The third-order valence-corrected chi connectivity index (χ3v) is 3.31. The Morgan fingerprint density at radius 2 is 1.65 bits per heavy atom. The van der Waals surface area contributed by atoms with Crippen molar-refractivity contribution in [3.05, 3.63) is 0 Å².